The van der Waals surface area contributed by atoms with E-state index in [4.69, 9.17) is 0 Å². The largest absolute Gasteiger partial charge is 0.311 e. The number of nitrogens with zero attached hydrogens (tertiary/aromatic N) is 1. The van der Waals surface area contributed by atoms with Crippen molar-refractivity contribution in [2.45, 2.75) is 26.3 Å². The average molecular weight is 170 g/mol. The summed E-state index contributed by atoms with van der Waals surface area (Å²) in [6.45, 7) is 10.2. The number of rotatable bonds is 6. The van der Waals surface area contributed by atoms with Gasteiger partial charge in [0.05, 0.1) is 0 Å². The third-order valence-electron chi connectivity index (χ3n) is 1.76. The second-order valence-electron chi connectivity index (χ2n) is 3.83. The Balaban J connectivity index is 3.33. The van der Waals surface area contributed by atoms with Crippen LogP contribution in [-0.4, -0.2) is 38.1 Å². The van der Waals surface area contributed by atoms with Crippen molar-refractivity contribution < 1.29 is 0 Å². The summed E-state index contributed by atoms with van der Waals surface area (Å²) < 4.78 is 0. The van der Waals surface area contributed by atoms with E-state index in [2.05, 4.69) is 37.8 Å². The van der Waals surface area contributed by atoms with Gasteiger partial charge in [-0.25, -0.2) is 0 Å². The van der Waals surface area contributed by atoms with Crippen molar-refractivity contribution >= 4 is 0 Å². The molecule has 0 fully saturated rings. The molecule has 0 aromatic rings. The number of hydrogen-bond donors (Lipinski definition) is 1. The van der Waals surface area contributed by atoms with Gasteiger partial charge in [0.15, 0.2) is 0 Å². The zero-order chi connectivity index (χ0) is 9.56. The van der Waals surface area contributed by atoms with Gasteiger partial charge in [-0.3, -0.25) is 0 Å². The number of nitrogens with one attached hydrogen (secondary N) is 1. The Bertz CT molecular complexity index is 130. The molecule has 0 saturated heterocycles. The highest BCUT2D eigenvalue weighted by Gasteiger charge is 2.00. The number of hydrogen-bond acceptors (Lipinski definition) is 2. The van der Waals surface area contributed by atoms with Crippen molar-refractivity contribution in [3.8, 4) is 0 Å². The van der Waals surface area contributed by atoms with Crippen molar-refractivity contribution in [2.24, 2.45) is 0 Å². The fraction of sp³-hybridized carbons (Fsp3) is 0.800. The Hall–Kier alpha value is -0.340. The Labute approximate surface area is 76.6 Å². The lowest BCUT2D eigenvalue weighted by Gasteiger charge is -2.16. The van der Waals surface area contributed by atoms with Gasteiger partial charge in [-0.15, -0.1) is 0 Å². The summed E-state index contributed by atoms with van der Waals surface area (Å²) in [6.07, 6.45) is 1.19. The Morgan fingerprint density at radius 1 is 1.50 bits per heavy atom. The van der Waals surface area contributed by atoms with Gasteiger partial charge in [-0.05, 0) is 40.9 Å². The molecule has 0 aromatic carbocycles. The van der Waals surface area contributed by atoms with Crippen LogP contribution in [0.15, 0.2) is 12.2 Å². The summed E-state index contributed by atoms with van der Waals surface area (Å²) in [6, 6.07) is 0.587. The molecule has 0 amide bonds. The minimum atomic E-state index is 0.587. The maximum atomic E-state index is 3.85. The maximum Gasteiger partial charge on any atom is 0.0161 e. The molecule has 12 heavy (non-hydrogen) atoms. The third-order valence-corrected chi connectivity index (χ3v) is 1.76. The van der Waals surface area contributed by atoms with Gasteiger partial charge in [-0.2, -0.15) is 0 Å². The van der Waals surface area contributed by atoms with E-state index in [9.17, 15) is 0 Å². The van der Waals surface area contributed by atoms with E-state index in [1.807, 2.05) is 6.92 Å². The second kappa shape index (κ2) is 6.21. The molecule has 0 saturated carbocycles. The van der Waals surface area contributed by atoms with Gasteiger partial charge >= 0.3 is 0 Å². The molecule has 2 heteroatoms. The SMILES string of the molecule is C=C(C)CNC(C)CCN(C)C. The van der Waals surface area contributed by atoms with Crippen LogP contribution in [0.4, 0.5) is 0 Å². The topological polar surface area (TPSA) is 15.3 Å². The first kappa shape index (κ1) is 11.7. The van der Waals surface area contributed by atoms with E-state index in [0.717, 1.165) is 13.1 Å². The van der Waals surface area contributed by atoms with Gasteiger partial charge < -0.3 is 10.2 Å². The summed E-state index contributed by atoms with van der Waals surface area (Å²) in [7, 11) is 4.21. The third kappa shape index (κ3) is 7.76. The van der Waals surface area contributed by atoms with Gasteiger partial charge in [0.1, 0.15) is 0 Å². The summed E-state index contributed by atoms with van der Waals surface area (Å²) in [4.78, 5) is 2.21. The Morgan fingerprint density at radius 2 is 2.08 bits per heavy atom. The van der Waals surface area contributed by atoms with E-state index in [-0.39, 0.29) is 0 Å². The normalized spacial score (nSPS) is 13.4. The molecular weight excluding hydrogens is 148 g/mol. The van der Waals surface area contributed by atoms with E-state index >= 15 is 0 Å². The lowest BCUT2D eigenvalue weighted by Crippen LogP contribution is -2.30. The second-order valence-corrected chi connectivity index (χ2v) is 3.83. The van der Waals surface area contributed by atoms with Crippen LogP contribution in [0.25, 0.3) is 0 Å². The molecule has 0 aliphatic carbocycles. The molecule has 1 atom stereocenters. The molecule has 0 aliphatic heterocycles. The summed E-state index contributed by atoms with van der Waals surface area (Å²) in [5.41, 5.74) is 1.20. The van der Waals surface area contributed by atoms with Gasteiger partial charge in [-0.1, -0.05) is 12.2 Å². The zero-order valence-corrected chi connectivity index (χ0v) is 8.85. The minimum Gasteiger partial charge on any atom is -0.311 e. The molecule has 1 N–H and O–H groups in total. The van der Waals surface area contributed by atoms with Crippen molar-refractivity contribution in [3.63, 3.8) is 0 Å². The smallest absolute Gasteiger partial charge is 0.0161 e. The van der Waals surface area contributed by atoms with Crippen LogP contribution in [0.2, 0.25) is 0 Å². The molecule has 0 spiro atoms. The van der Waals surface area contributed by atoms with E-state index in [0.29, 0.717) is 6.04 Å². The van der Waals surface area contributed by atoms with E-state index in [1.165, 1.54) is 12.0 Å². The van der Waals surface area contributed by atoms with Crippen LogP contribution in [0.5, 0.6) is 0 Å². The first-order valence-electron chi connectivity index (χ1n) is 4.55. The molecule has 0 heterocycles. The van der Waals surface area contributed by atoms with Crippen molar-refractivity contribution in [1.82, 2.24) is 10.2 Å². The Kier molecular flexibility index (Phi) is 6.03. The fourth-order valence-electron chi connectivity index (χ4n) is 0.902. The quantitative estimate of drug-likeness (QED) is 0.608. The molecule has 0 rings (SSSR count). The standard InChI is InChI=1S/C10H22N2/c1-9(2)8-11-10(3)6-7-12(4)5/h10-11H,1,6-8H2,2-5H3. The predicted molar refractivity (Wildman–Crippen MR) is 55.4 cm³/mol. The summed E-state index contributed by atoms with van der Waals surface area (Å²) in [5.74, 6) is 0. The predicted octanol–water partition coefficient (Wildman–Crippen LogP) is 1.49. The fourth-order valence-corrected chi connectivity index (χ4v) is 0.902. The lowest BCUT2D eigenvalue weighted by molar-refractivity contribution is 0.369. The van der Waals surface area contributed by atoms with Crippen LogP contribution in [0, 0.1) is 0 Å². The van der Waals surface area contributed by atoms with Crippen molar-refractivity contribution in [1.29, 1.82) is 0 Å². The minimum absolute atomic E-state index is 0.587. The molecule has 0 radical (unpaired) electrons. The summed E-state index contributed by atoms with van der Waals surface area (Å²) in [5, 5.41) is 3.41. The first-order valence-corrected chi connectivity index (χ1v) is 4.55. The first-order chi connectivity index (χ1) is 5.52. The zero-order valence-electron chi connectivity index (χ0n) is 8.85. The van der Waals surface area contributed by atoms with Crippen LogP contribution >= 0.6 is 0 Å². The van der Waals surface area contributed by atoms with Gasteiger partial charge in [0.2, 0.25) is 0 Å². The van der Waals surface area contributed by atoms with Gasteiger partial charge in [0, 0.05) is 12.6 Å². The summed E-state index contributed by atoms with van der Waals surface area (Å²) >= 11 is 0. The highest BCUT2D eigenvalue weighted by molar-refractivity contribution is 4.91. The van der Waals surface area contributed by atoms with Crippen LogP contribution in [0.3, 0.4) is 0 Å². The molecular formula is C10H22N2. The molecule has 0 aromatic heterocycles. The van der Waals surface area contributed by atoms with Crippen LogP contribution in [0.1, 0.15) is 20.3 Å². The lowest BCUT2D eigenvalue weighted by atomic mass is 10.2. The Morgan fingerprint density at radius 3 is 2.50 bits per heavy atom. The van der Waals surface area contributed by atoms with Crippen LogP contribution < -0.4 is 5.32 Å². The molecule has 1 unspecified atom stereocenters. The highest BCUT2D eigenvalue weighted by atomic mass is 15.1. The van der Waals surface area contributed by atoms with Crippen LogP contribution in [-0.2, 0) is 0 Å². The van der Waals surface area contributed by atoms with Crippen molar-refractivity contribution in [3.05, 3.63) is 12.2 Å². The average Bonchev–Trinajstić information content (AvgIpc) is 1.96. The van der Waals surface area contributed by atoms with E-state index in [1.54, 1.807) is 0 Å². The molecule has 2 nitrogen and oxygen atoms in total. The van der Waals surface area contributed by atoms with Gasteiger partial charge in [0.25, 0.3) is 0 Å². The highest BCUT2D eigenvalue weighted by Crippen LogP contribution is 1.93. The molecule has 72 valence electrons. The van der Waals surface area contributed by atoms with Crippen molar-refractivity contribution in [2.75, 3.05) is 27.2 Å². The molecule has 0 bridgehead atoms. The van der Waals surface area contributed by atoms with E-state index < -0.39 is 0 Å². The molecule has 0 aliphatic rings. The maximum absolute atomic E-state index is 3.85. The monoisotopic (exact) mass is 170 g/mol.